The van der Waals surface area contributed by atoms with Crippen LogP contribution in [-0.4, -0.2) is 49.6 Å². The van der Waals surface area contributed by atoms with Gasteiger partial charge in [0.05, 0.1) is 19.1 Å². The Morgan fingerprint density at radius 2 is 2.00 bits per heavy atom. The van der Waals surface area contributed by atoms with Crippen LogP contribution in [0, 0.1) is 0 Å². The molecule has 0 saturated heterocycles. The summed E-state index contributed by atoms with van der Waals surface area (Å²) in [5.74, 6) is -0.210. The molecule has 0 radical (unpaired) electrons. The van der Waals surface area contributed by atoms with E-state index in [9.17, 15) is 9.59 Å². The quantitative estimate of drug-likeness (QED) is 0.498. The van der Waals surface area contributed by atoms with Crippen LogP contribution in [0.2, 0.25) is 0 Å². The molecule has 18 heavy (non-hydrogen) atoms. The Morgan fingerprint density at radius 3 is 2.56 bits per heavy atom. The molecular weight excluding hydrogens is 232 g/mol. The number of amides is 1. The van der Waals surface area contributed by atoms with Crippen molar-refractivity contribution in [2.45, 2.75) is 46.1 Å². The summed E-state index contributed by atoms with van der Waals surface area (Å²) < 4.78 is 4.85. The third kappa shape index (κ3) is 7.27. The van der Waals surface area contributed by atoms with Crippen molar-refractivity contribution in [3.8, 4) is 0 Å². The highest BCUT2D eigenvalue weighted by molar-refractivity contribution is 5.81. The Kier molecular flexibility index (Phi) is 9.28. The van der Waals surface area contributed by atoms with Gasteiger partial charge in [-0.3, -0.25) is 14.5 Å². The fraction of sp³-hybridized carbons (Fsp3) is 0.846. The van der Waals surface area contributed by atoms with Gasteiger partial charge >= 0.3 is 5.97 Å². The number of likely N-dealkylation sites (N-methyl/N-ethyl adjacent to an activating group) is 1. The van der Waals surface area contributed by atoms with Gasteiger partial charge in [-0.2, -0.15) is 0 Å². The summed E-state index contributed by atoms with van der Waals surface area (Å²) in [6.45, 7) is 7.35. The first-order valence-corrected chi connectivity index (χ1v) is 6.66. The predicted octanol–water partition coefficient (Wildman–Crippen LogP) is 1.18. The summed E-state index contributed by atoms with van der Waals surface area (Å²) in [5, 5.41) is 2.88. The van der Waals surface area contributed by atoms with Gasteiger partial charge in [0.2, 0.25) is 5.91 Å². The summed E-state index contributed by atoms with van der Waals surface area (Å²) in [4.78, 5) is 24.8. The van der Waals surface area contributed by atoms with Crippen LogP contribution in [-0.2, 0) is 14.3 Å². The zero-order valence-corrected chi connectivity index (χ0v) is 12.0. The van der Waals surface area contributed by atoms with Crippen molar-refractivity contribution in [2.24, 2.45) is 0 Å². The molecule has 0 fully saturated rings. The molecule has 0 spiro atoms. The lowest BCUT2D eigenvalue weighted by Crippen LogP contribution is -2.44. The Morgan fingerprint density at radius 1 is 1.33 bits per heavy atom. The van der Waals surface area contributed by atoms with Gasteiger partial charge in [-0.1, -0.05) is 13.3 Å². The summed E-state index contributed by atoms with van der Waals surface area (Å²) in [6, 6.07) is -0.226. The third-order valence-corrected chi connectivity index (χ3v) is 2.84. The minimum Gasteiger partial charge on any atom is -0.466 e. The maximum Gasteiger partial charge on any atom is 0.307 e. The first-order chi connectivity index (χ1) is 8.52. The molecule has 0 aromatic carbocycles. The molecule has 106 valence electrons. The van der Waals surface area contributed by atoms with E-state index in [1.165, 1.54) is 0 Å². The molecule has 5 nitrogen and oxygen atoms in total. The Bertz CT molecular complexity index is 257. The van der Waals surface area contributed by atoms with E-state index in [1.54, 1.807) is 6.92 Å². The fourth-order valence-corrected chi connectivity index (χ4v) is 1.43. The second-order valence-corrected chi connectivity index (χ2v) is 4.36. The number of nitrogens with one attached hydrogen (secondary N) is 1. The molecule has 1 amide bonds. The van der Waals surface area contributed by atoms with Crippen LogP contribution < -0.4 is 5.32 Å². The number of nitrogens with zero attached hydrogens (tertiary/aromatic N) is 1. The number of carbonyl (C=O) groups excluding carboxylic acids is 2. The van der Waals surface area contributed by atoms with E-state index in [2.05, 4.69) is 12.2 Å². The number of ether oxygens (including phenoxy) is 1. The number of unbranched alkanes of at least 4 members (excludes halogenated alkanes) is 1. The third-order valence-electron chi connectivity index (χ3n) is 2.84. The number of hydrogen-bond acceptors (Lipinski definition) is 4. The number of esters is 1. The Labute approximate surface area is 110 Å². The lowest BCUT2D eigenvalue weighted by molar-refractivity contribution is -0.144. The van der Waals surface area contributed by atoms with Crippen molar-refractivity contribution in [2.75, 3.05) is 26.7 Å². The minimum absolute atomic E-state index is 0.00908. The average molecular weight is 258 g/mol. The second kappa shape index (κ2) is 9.88. The molecule has 5 heteroatoms. The van der Waals surface area contributed by atoms with E-state index < -0.39 is 0 Å². The smallest absolute Gasteiger partial charge is 0.307 e. The molecule has 0 aliphatic carbocycles. The molecule has 1 N–H and O–H groups in total. The van der Waals surface area contributed by atoms with Gasteiger partial charge in [-0.25, -0.2) is 0 Å². The van der Waals surface area contributed by atoms with E-state index in [0.29, 0.717) is 26.1 Å². The zero-order chi connectivity index (χ0) is 14.0. The molecule has 0 aliphatic rings. The van der Waals surface area contributed by atoms with E-state index >= 15 is 0 Å². The van der Waals surface area contributed by atoms with Gasteiger partial charge in [0, 0.05) is 13.1 Å². The molecule has 0 aliphatic heterocycles. The topological polar surface area (TPSA) is 58.6 Å². The number of carbonyl (C=O) groups is 2. The van der Waals surface area contributed by atoms with Crippen LogP contribution in [0.15, 0.2) is 0 Å². The van der Waals surface area contributed by atoms with Crippen molar-refractivity contribution < 1.29 is 14.3 Å². The molecular formula is C13H26N2O3. The van der Waals surface area contributed by atoms with Crippen LogP contribution >= 0.6 is 0 Å². The standard InChI is InChI=1S/C13H26N2O3/c1-5-7-9-14-13(17)11(3)15(4)10-8-12(16)18-6-2/h11H,5-10H2,1-4H3,(H,14,17). The van der Waals surface area contributed by atoms with Crippen LogP contribution in [0.4, 0.5) is 0 Å². The molecule has 1 atom stereocenters. The monoisotopic (exact) mass is 258 g/mol. The van der Waals surface area contributed by atoms with Gasteiger partial charge in [-0.05, 0) is 27.3 Å². The predicted molar refractivity (Wildman–Crippen MR) is 71.3 cm³/mol. The first-order valence-electron chi connectivity index (χ1n) is 6.66. The van der Waals surface area contributed by atoms with Gasteiger partial charge in [0.1, 0.15) is 0 Å². The molecule has 0 aromatic rings. The minimum atomic E-state index is -0.226. The maximum atomic E-state index is 11.8. The highest BCUT2D eigenvalue weighted by Crippen LogP contribution is 1.99. The lowest BCUT2D eigenvalue weighted by Gasteiger charge is -2.23. The van der Waals surface area contributed by atoms with E-state index in [-0.39, 0.29) is 17.9 Å². The number of hydrogen-bond donors (Lipinski definition) is 1. The summed E-state index contributed by atoms with van der Waals surface area (Å²) in [5.41, 5.74) is 0. The molecule has 0 aromatic heterocycles. The first kappa shape index (κ1) is 16.9. The SMILES string of the molecule is CCCCNC(=O)C(C)N(C)CCC(=O)OCC. The Hall–Kier alpha value is -1.10. The van der Waals surface area contributed by atoms with Crippen LogP contribution in [0.25, 0.3) is 0 Å². The lowest BCUT2D eigenvalue weighted by atomic mass is 10.2. The van der Waals surface area contributed by atoms with Gasteiger partial charge in [0.15, 0.2) is 0 Å². The zero-order valence-electron chi connectivity index (χ0n) is 12.0. The van der Waals surface area contributed by atoms with Crippen LogP contribution in [0.1, 0.15) is 40.0 Å². The highest BCUT2D eigenvalue weighted by Gasteiger charge is 2.18. The van der Waals surface area contributed by atoms with Crippen molar-refractivity contribution in [3.05, 3.63) is 0 Å². The van der Waals surface area contributed by atoms with E-state index in [4.69, 9.17) is 4.74 Å². The molecule has 0 heterocycles. The van der Waals surface area contributed by atoms with E-state index in [0.717, 1.165) is 12.8 Å². The second-order valence-electron chi connectivity index (χ2n) is 4.36. The van der Waals surface area contributed by atoms with Gasteiger partial charge in [0.25, 0.3) is 0 Å². The maximum absolute atomic E-state index is 11.8. The van der Waals surface area contributed by atoms with Gasteiger partial charge in [-0.15, -0.1) is 0 Å². The molecule has 1 unspecified atom stereocenters. The molecule has 0 bridgehead atoms. The summed E-state index contributed by atoms with van der Waals surface area (Å²) >= 11 is 0. The Balaban J connectivity index is 3.90. The normalized spacial score (nSPS) is 12.3. The largest absolute Gasteiger partial charge is 0.466 e. The van der Waals surface area contributed by atoms with Crippen molar-refractivity contribution in [1.82, 2.24) is 10.2 Å². The summed E-state index contributed by atoms with van der Waals surface area (Å²) in [6.07, 6.45) is 2.37. The molecule has 0 saturated carbocycles. The van der Waals surface area contributed by atoms with Crippen molar-refractivity contribution >= 4 is 11.9 Å². The molecule has 0 rings (SSSR count). The highest BCUT2D eigenvalue weighted by atomic mass is 16.5. The van der Waals surface area contributed by atoms with E-state index in [1.807, 2.05) is 18.9 Å². The van der Waals surface area contributed by atoms with Crippen molar-refractivity contribution in [3.63, 3.8) is 0 Å². The van der Waals surface area contributed by atoms with Crippen molar-refractivity contribution in [1.29, 1.82) is 0 Å². The van der Waals surface area contributed by atoms with Crippen LogP contribution in [0.3, 0.4) is 0 Å². The number of rotatable bonds is 9. The average Bonchev–Trinajstić information content (AvgIpc) is 2.35. The fourth-order valence-electron chi connectivity index (χ4n) is 1.43. The van der Waals surface area contributed by atoms with Crippen LogP contribution in [0.5, 0.6) is 0 Å². The summed E-state index contributed by atoms with van der Waals surface area (Å²) in [7, 11) is 1.84. The van der Waals surface area contributed by atoms with Gasteiger partial charge < -0.3 is 10.1 Å².